The third kappa shape index (κ3) is 4.74. The molecule has 3 aromatic rings. The van der Waals surface area contributed by atoms with Crippen molar-refractivity contribution in [1.29, 1.82) is 0 Å². The second kappa shape index (κ2) is 9.32. The lowest BCUT2D eigenvalue weighted by Gasteiger charge is -2.09. The molecule has 34 heavy (non-hydrogen) atoms. The number of carbonyl (C=O) groups is 1. The van der Waals surface area contributed by atoms with Crippen LogP contribution >= 0.6 is 0 Å². The van der Waals surface area contributed by atoms with Gasteiger partial charge in [0, 0.05) is 5.56 Å². The molecule has 4 rings (SSSR count). The third-order valence-electron chi connectivity index (χ3n) is 4.70. The van der Waals surface area contributed by atoms with Gasteiger partial charge in [-0.2, -0.15) is 8.42 Å². The van der Waals surface area contributed by atoms with Crippen LogP contribution in [0.4, 0.5) is 8.78 Å². The molecule has 0 spiro atoms. The quantitative estimate of drug-likeness (QED) is 0.410. The minimum Gasteiger partial charge on any atom is -0.356 e. The highest BCUT2D eigenvalue weighted by Gasteiger charge is 2.30. The van der Waals surface area contributed by atoms with E-state index in [9.17, 15) is 22.0 Å². The van der Waals surface area contributed by atoms with Crippen molar-refractivity contribution in [2.24, 2.45) is 15.3 Å². The molecule has 11 heteroatoms. The van der Waals surface area contributed by atoms with Crippen molar-refractivity contribution in [3.8, 4) is 0 Å². The zero-order valence-electron chi connectivity index (χ0n) is 17.6. The predicted octanol–water partition coefficient (Wildman–Crippen LogP) is 4.56. The number of rotatable bonds is 6. The van der Waals surface area contributed by atoms with Crippen molar-refractivity contribution in [2.45, 2.75) is 11.8 Å². The molecule has 0 saturated heterocycles. The topological polar surface area (TPSA) is 110 Å². The summed E-state index contributed by atoms with van der Waals surface area (Å²) in [5.41, 5.74) is 2.36. The van der Waals surface area contributed by atoms with Gasteiger partial charge in [0.05, 0.1) is 11.1 Å². The fourth-order valence-corrected chi connectivity index (χ4v) is 3.88. The Hall–Kier alpha value is -4.25. The van der Waals surface area contributed by atoms with Gasteiger partial charge >= 0.3 is 10.1 Å². The van der Waals surface area contributed by atoms with Crippen molar-refractivity contribution in [1.82, 2.24) is 5.43 Å². The van der Waals surface area contributed by atoms with Crippen molar-refractivity contribution < 1.29 is 26.2 Å². The Bertz CT molecular complexity index is 1470. The molecule has 1 amide bonds. The average Bonchev–Trinajstić information content (AvgIpc) is 3.19. The van der Waals surface area contributed by atoms with E-state index in [1.807, 2.05) is 0 Å². The number of hydrogen-bond acceptors (Lipinski definition) is 6. The number of halogens is 2. The molecule has 1 N–H and O–H groups in total. The summed E-state index contributed by atoms with van der Waals surface area (Å²) in [7, 11) is -4.34. The summed E-state index contributed by atoms with van der Waals surface area (Å²) in [4.78, 5) is 12.2. The molecule has 1 aliphatic rings. The second-order valence-corrected chi connectivity index (χ2v) is 8.61. The number of nitrogens with zero attached hydrogens (tertiary/aromatic N) is 3. The number of hydrogen-bond donors (Lipinski definition) is 1. The SMILES string of the molecule is Cc1ccc(S(=O)(=O)OC2=C(c3ccccc3F)/C(=N/NC(=O)c3ccccc3F)N=N2)cc1. The van der Waals surface area contributed by atoms with Gasteiger partial charge in [-0.15, -0.1) is 15.3 Å². The Labute approximate surface area is 193 Å². The fraction of sp³-hybridized carbons (Fsp3) is 0.0435. The van der Waals surface area contributed by atoms with Gasteiger partial charge in [-0.1, -0.05) is 48.0 Å². The molecule has 1 heterocycles. The summed E-state index contributed by atoms with van der Waals surface area (Å²) in [5.74, 6) is -3.26. The van der Waals surface area contributed by atoms with E-state index in [4.69, 9.17) is 4.18 Å². The predicted molar refractivity (Wildman–Crippen MR) is 119 cm³/mol. The maximum Gasteiger partial charge on any atom is 0.340 e. The van der Waals surface area contributed by atoms with Gasteiger partial charge in [-0.05, 0) is 37.3 Å². The Kier molecular flexibility index (Phi) is 6.28. The summed E-state index contributed by atoms with van der Waals surface area (Å²) in [6.07, 6.45) is 0. The van der Waals surface area contributed by atoms with Crippen LogP contribution in [0.3, 0.4) is 0 Å². The number of hydrazone groups is 1. The Balaban J connectivity index is 1.72. The maximum absolute atomic E-state index is 14.6. The molecule has 1 aliphatic heterocycles. The molecule has 0 saturated carbocycles. The molecule has 0 unspecified atom stereocenters. The van der Waals surface area contributed by atoms with Crippen molar-refractivity contribution >= 4 is 27.4 Å². The number of carbonyl (C=O) groups excluding carboxylic acids is 1. The number of amidine groups is 1. The van der Waals surface area contributed by atoms with Crippen molar-refractivity contribution in [2.75, 3.05) is 0 Å². The number of amides is 1. The van der Waals surface area contributed by atoms with E-state index >= 15 is 0 Å². The van der Waals surface area contributed by atoms with Crippen molar-refractivity contribution in [3.05, 3.63) is 107 Å². The molecule has 3 aromatic carbocycles. The standard InChI is InChI=1S/C23H16F2N4O4S/c1-14-10-12-15(13-11-14)34(31,32)33-23-20(16-6-2-4-8-18(16)24)21(27-29-23)26-28-22(30)17-7-3-5-9-19(17)25/h2-13H,1H3,(H,28,30)/b26-21-. The highest BCUT2D eigenvalue weighted by molar-refractivity contribution is 7.86. The average molecular weight is 482 g/mol. The van der Waals surface area contributed by atoms with Gasteiger partial charge in [0.25, 0.3) is 11.8 Å². The number of nitrogens with one attached hydrogen (secondary N) is 1. The Morgan fingerprint density at radius 1 is 0.912 bits per heavy atom. The first-order valence-corrected chi connectivity index (χ1v) is 11.2. The maximum atomic E-state index is 14.6. The van der Waals surface area contributed by atoms with E-state index in [2.05, 4.69) is 20.8 Å². The molecule has 8 nitrogen and oxygen atoms in total. The zero-order chi connectivity index (χ0) is 24.3. The van der Waals surface area contributed by atoms with E-state index in [1.165, 1.54) is 48.5 Å². The van der Waals surface area contributed by atoms with E-state index in [0.717, 1.165) is 17.7 Å². The summed E-state index contributed by atoms with van der Waals surface area (Å²) >= 11 is 0. The molecule has 0 aromatic heterocycles. The lowest BCUT2D eigenvalue weighted by molar-refractivity contribution is 0.0951. The fourth-order valence-electron chi connectivity index (χ4n) is 2.99. The second-order valence-electron chi connectivity index (χ2n) is 7.07. The van der Waals surface area contributed by atoms with Crippen LogP contribution in [0.5, 0.6) is 0 Å². The van der Waals surface area contributed by atoms with Gasteiger partial charge in [0.1, 0.15) is 16.5 Å². The molecule has 0 aliphatic carbocycles. The van der Waals surface area contributed by atoms with E-state index < -0.39 is 33.5 Å². The van der Waals surface area contributed by atoms with Crippen LogP contribution in [0.2, 0.25) is 0 Å². The van der Waals surface area contributed by atoms with Crippen molar-refractivity contribution in [3.63, 3.8) is 0 Å². The summed E-state index contributed by atoms with van der Waals surface area (Å²) in [5, 5.41) is 11.2. The van der Waals surface area contributed by atoms with Gasteiger partial charge in [0.15, 0.2) is 0 Å². The van der Waals surface area contributed by atoms with Crippen LogP contribution in [0, 0.1) is 18.6 Å². The number of azo groups is 1. The lowest BCUT2D eigenvalue weighted by Crippen LogP contribution is -2.20. The number of aryl methyl sites for hydroxylation is 1. The first kappa shape index (κ1) is 22.9. The molecule has 172 valence electrons. The van der Waals surface area contributed by atoms with E-state index in [1.54, 1.807) is 19.1 Å². The monoisotopic (exact) mass is 482 g/mol. The molecular weight excluding hydrogens is 466 g/mol. The highest BCUT2D eigenvalue weighted by atomic mass is 32.2. The zero-order valence-corrected chi connectivity index (χ0v) is 18.4. The summed E-state index contributed by atoms with van der Waals surface area (Å²) in [6.45, 7) is 1.79. The van der Waals surface area contributed by atoms with Crippen LogP contribution in [-0.4, -0.2) is 20.2 Å². The summed E-state index contributed by atoms with van der Waals surface area (Å²) < 4.78 is 59.1. The first-order valence-electron chi connectivity index (χ1n) is 9.81. The number of benzene rings is 3. The van der Waals surface area contributed by atoms with Gasteiger partial charge in [-0.25, -0.2) is 14.2 Å². The van der Waals surface area contributed by atoms with Crippen LogP contribution in [0.15, 0.2) is 98.9 Å². The Morgan fingerprint density at radius 3 is 2.24 bits per heavy atom. The summed E-state index contributed by atoms with van der Waals surface area (Å²) in [6, 6.07) is 16.5. The molecule has 0 fully saturated rings. The van der Waals surface area contributed by atoms with Crippen LogP contribution in [0.25, 0.3) is 5.57 Å². The minimum atomic E-state index is -4.34. The van der Waals surface area contributed by atoms with Gasteiger partial charge in [-0.3, -0.25) is 4.79 Å². The molecule has 0 bridgehead atoms. The lowest BCUT2D eigenvalue weighted by atomic mass is 10.1. The van der Waals surface area contributed by atoms with Crippen LogP contribution in [-0.2, 0) is 14.3 Å². The highest BCUT2D eigenvalue weighted by Crippen LogP contribution is 2.32. The smallest absolute Gasteiger partial charge is 0.340 e. The normalized spacial score (nSPS) is 14.5. The van der Waals surface area contributed by atoms with Gasteiger partial charge < -0.3 is 4.18 Å². The Morgan fingerprint density at radius 2 is 1.56 bits per heavy atom. The third-order valence-corrected chi connectivity index (χ3v) is 5.92. The minimum absolute atomic E-state index is 0.111. The van der Waals surface area contributed by atoms with Crippen LogP contribution in [0.1, 0.15) is 21.5 Å². The van der Waals surface area contributed by atoms with E-state index in [-0.39, 0.29) is 27.4 Å². The first-order chi connectivity index (χ1) is 16.3. The van der Waals surface area contributed by atoms with E-state index in [0.29, 0.717) is 0 Å². The molecular formula is C23H16F2N4O4S. The van der Waals surface area contributed by atoms with Gasteiger partial charge in [0.2, 0.25) is 5.84 Å². The largest absolute Gasteiger partial charge is 0.356 e. The molecule has 0 radical (unpaired) electrons. The van der Waals surface area contributed by atoms with Crippen LogP contribution < -0.4 is 5.43 Å². The molecule has 0 atom stereocenters.